The number of aromatic amines is 1. The number of fused-ring (bicyclic) bond motifs is 1. The van der Waals surface area contributed by atoms with E-state index in [1.54, 1.807) is 0 Å². The Morgan fingerprint density at radius 2 is 1.62 bits per heavy atom. The number of benzene rings is 2. The summed E-state index contributed by atoms with van der Waals surface area (Å²) in [7, 11) is 1.28. The molecule has 180 valence electrons. The van der Waals surface area contributed by atoms with Gasteiger partial charge in [0, 0.05) is 23.5 Å². The number of hydrogen-bond donors (Lipinski definition) is 4. The van der Waals surface area contributed by atoms with Crippen LogP contribution >= 0.6 is 0 Å². The topological polar surface area (TPSA) is 126 Å². The molecule has 0 fully saturated rings. The highest BCUT2D eigenvalue weighted by Crippen LogP contribution is 2.19. The molecule has 0 aliphatic rings. The summed E-state index contributed by atoms with van der Waals surface area (Å²) < 4.78 is 4.84. The molecule has 0 spiro atoms. The lowest BCUT2D eigenvalue weighted by molar-refractivity contribution is -0.146. The van der Waals surface area contributed by atoms with Gasteiger partial charge in [-0.05, 0) is 29.5 Å². The van der Waals surface area contributed by atoms with Crippen LogP contribution in [-0.4, -0.2) is 48.0 Å². The zero-order valence-electron chi connectivity index (χ0n) is 19.7. The summed E-state index contributed by atoms with van der Waals surface area (Å²) in [6.45, 7) is 3.62. The minimum Gasteiger partial charge on any atom is -0.467 e. The zero-order valence-corrected chi connectivity index (χ0v) is 19.7. The van der Waals surface area contributed by atoms with Gasteiger partial charge in [0.2, 0.25) is 11.8 Å². The highest BCUT2D eigenvalue weighted by atomic mass is 16.5. The largest absolute Gasteiger partial charge is 0.467 e. The molecule has 8 nitrogen and oxygen atoms in total. The van der Waals surface area contributed by atoms with Crippen molar-refractivity contribution < 1.29 is 19.1 Å². The Labute approximate surface area is 199 Å². The number of nitrogens with two attached hydrogens (primary N) is 1. The number of esters is 1. The van der Waals surface area contributed by atoms with Crippen LogP contribution in [0.2, 0.25) is 0 Å². The third-order valence-corrected chi connectivity index (χ3v) is 5.79. The number of hydrogen-bond acceptors (Lipinski definition) is 5. The van der Waals surface area contributed by atoms with Gasteiger partial charge in [-0.15, -0.1) is 0 Å². The highest BCUT2D eigenvalue weighted by Gasteiger charge is 2.31. The van der Waals surface area contributed by atoms with E-state index in [9.17, 15) is 14.4 Å². The maximum absolute atomic E-state index is 13.3. The number of rotatable bonds is 10. The summed E-state index contributed by atoms with van der Waals surface area (Å²) in [5, 5.41) is 6.50. The molecule has 8 heteroatoms. The molecule has 5 N–H and O–H groups in total. The first-order valence-electron chi connectivity index (χ1n) is 11.3. The van der Waals surface area contributed by atoms with Crippen molar-refractivity contribution in [3.8, 4) is 0 Å². The first kappa shape index (κ1) is 25.0. The first-order valence-corrected chi connectivity index (χ1v) is 11.3. The number of aromatic nitrogens is 1. The van der Waals surface area contributed by atoms with Gasteiger partial charge in [0.1, 0.15) is 12.1 Å². The lowest BCUT2D eigenvalue weighted by Gasteiger charge is -2.25. The number of ether oxygens (including phenoxy) is 1. The summed E-state index contributed by atoms with van der Waals surface area (Å²) in [6.07, 6.45) is 2.39. The minimum atomic E-state index is -0.931. The van der Waals surface area contributed by atoms with Gasteiger partial charge in [0.25, 0.3) is 0 Å². The van der Waals surface area contributed by atoms with E-state index in [0.717, 1.165) is 22.0 Å². The van der Waals surface area contributed by atoms with Crippen LogP contribution in [0.5, 0.6) is 0 Å². The predicted octanol–water partition coefficient (Wildman–Crippen LogP) is 2.08. The second-order valence-corrected chi connectivity index (χ2v) is 8.67. The number of H-pyrrole nitrogens is 1. The van der Waals surface area contributed by atoms with Crippen molar-refractivity contribution in [1.82, 2.24) is 15.6 Å². The predicted molar refractivity (Wildman–Crippen MR) is 131 cm³/mol. The number of para-hydroxylation sites is 1. The lowest BCUT2D eigenvalue weighted by atomic mass is 10.0. The van der Waals surface area contributed by atoms with E-state index in [1.165, 1.54) is 7.11 Å². The SMILES string of the molecule is COC(=O)[C@H](NC(=O)[C@H](Cc1c[nH]c2ccccc12)NC(=O)[C@H](N)Cc1ccccc1)C(C)C. The molecule has 0 aliphatic heterocycles. The summed E-state index contributed by atoms with van der Waals surface area (Å²) in [6, 6.07) is 14.6. The highest BCUT2D eigenvalue weighted by molar-refractivity contribution is 5.93. The fraction of sp³-hybridized carbons (Fsp3) is 0.346. The van der Waals surface area contributed by atoms with Crippen molar-refractivity contribution in [2.75, 3.05) is 7.11 Å². The smallest absolute Gasteiger partial charge is 0.328 e. The number of nitrogens with one attached hydrogen (secondary N) is 3. The number of carbonyl (C=O) groups excluding carboxylic acids is 3. The van der Waals surface area contributed by atoms with Crippen LogP contribution in [0.4, 0.5) is 0 Å². The lowest BCUT2D eigenvalue weighted by Crippen LogP contribution is -2.56. The van der Waals surface area contributed by atoms with E-state index in [4.69, 9.17) is 10.5 Å². The standard InChI is InChI=1S/C26H32N4O4/c1-16(2)23(26(33)34-3)30-25(32)22(14-18-15-28-21-12-8-7-11-19(18)21)29-24(31)20(27)13-17-9-5-4-6-10-17/h4-12,15-16,20,22-23,28H,13-14,27H2,1-3H3,(H,29,31)(H,30,32)/t20-,22+,23-/m1/s1. The van der Waals surface area contributed by atoms with Crippen LogP contribution in [0.1, 0.15) is 25.0 Å². The van der Waals surface area contributed by atoms with E-state index in [-0.39, 0.29) is 12.3 Å². The molecular weight excluding hydrogens is 432 g/mol. The molecule has 0 radical (unpaired) electrons. The first-order chi connectivity index (χ1) is 16.3. The summed E-state index contributed by atoms with van der Waals surface area (Å²) >= 11 is 0. The van der Waals surface area contributed by atoms with E-state index >= 15 is 0 Å². The quantitative estimate of drug-likeness (QED) is 0.342. The van der Waals surface area contributed by atoms with Crippen molar-refractivity contribution in [3.63, 3.8) is 0 Å². The molecule has 0 saturated heterocycles. The van der Waals surface area contributed by atoms with Gasteiger partial charge < -0.3 is 26.1 Å². The average molecular weight is 465 g/mol. The van der Waals surface area contributed by atoms with Gasteiger partial charge in [0.15, 0.2) is 0 Å². The van der Waals surface area contributed by atoms with Gasteiger partial charge in [-0.2, -0.15) is 0 Å². The van der Waals surface area contributed by atoms with Gasteiger partial charge in [-0.1, -0.05) is 62.4 Å². The molecule has 1 aromatic heterocycles. The van der Waals surface area contributed by atoms with E-state index in [1.807, 2.05) is 74.6 Å². The molecule has 0 unspecified atom stereocenters. The summed E-state index contributed by atoms with van der Waals surface area (Å²) in [5.74, 6) is -1.65. The fourth-order valence-electron chi connectivity index (χ4n) is 3.85. The van der Waals surface area contributed by atoms with Crippen LogP contribution in [0.3, 0.4) is 0 Å². The van der Waals surface area contributed by atoms with Crippen LogP contribution in [0, 0.1) is 5.92 Å². The van der Waals surface area contributed by atoms with Crippen LogP contribution < -0.4 is 16.4 Å². The van der Waals surface area contributed by atoms with E-state index in [2.05, 4.69) is 15.6 Å². The number of carbonyl (C=O) groups is 3. The molecule has 34 heavy (non-hydrogen) atoms. The fourth-order valence-corrected chi connectivity index (χ4v) is 3.85. The molecule has 2 aromatic carbocycles. The van der Waals surface area contributed by atoms with Crippen molar-refractivity contribution in [2.24, 2.45) is 11.7 Å². The molecular formula is C26H32N4O4. The van der Waals surface area contributed by atoms with Crippen molar-refractivity contribution >= 4 is 28.7 Å². The Balaban J connectivity index is 1.81. The van der Waals surface area contributed by atoms with Crippen molar-refractivity contribution in [3.05, 3.63) is 71.9 Å². The molecule has 0 aliphatic carbocycles. The van der Waals surface area contributed by atoms with Crippen molar-refractivity contribution in [2.45, 2.75) is 44.8 Å². The second kappa shape index (κ2) is 11.5. The van der Waals surface area contributed by atoms with Crippen molar-refractivity contribution in [1.29, 1.82) is 0 Å². The van der Waals surface area contributed by atoms with Gasteiger partial charge in [-0.25, -0.2) is 4.79 Å². The molecule has 0 saturated carbocycles. The Hall–Kier alpha value is -3.65. The van der Waals surface area contributed by atoms with Gasteiger partial charge in [0.05, 0.1) is 13.2 Å². The third-order valence-electron chi connectivity index (χ3n) is 5.79. The monoisotopic (exact) mass is 464 g/mol. The van der Waals surface area contributed by atoms with Gasteiger partial charge in [-0.3, -0.25) is 9.59 Å². The molecule has 0 bridgehead atoms. The maximum atomic E-state index is 13.3. The molecule has 1 heterocycles. The maximum Gasteiger partial charge on any atom is 0.328 e. The van der Waals surface area contributed by atoms with Crippen LogP contribution in [0.25, 0.3) is 10.9 Å². The molecule has 3 aromatic rings. The van der Waals surface area contributed by atoms with E-state index < -0.39 is 35.9 Å². The van der Waals surface area contributed by atoms with Gasteiger partial charge >= 0.3 is 5.97 Å². The zero-order chi connectivity index (χ0) is 24.7. The minimum absolute atomic E-state index is 0.193. The Morgan fingerprint density at radius 1 is 0.941 bits per heavy atom. The molecule has 3 atom stereocenters. The Morgan fingerprint density at radius 3 is 2.29 bits per heavy atom. The number of methoxy groups -OCH3 is 1. The Bertz CT molecular complexity index is 1130. The molecule has 3 rings (SSSR count). The average Bonchev–Trinajstić information content (AvgIpc) is 3.24. The normalized spacial score (nSPS) is 13.8. The number of amides is 2. The third kappa shape index (κ3) is 6.23. The molecule has 2 amide bonds. The Kier molecular flexibility index (Phi) is 8.43. The summed E-state index contributed by atoms with van der Waals surface area (Å²) in [5.41, 5.74) is 8.88. The van der Waals surface area contributed by atoms with E-state index in [0.29, 0.717) is 6.42 Å². The second-order valence-electron chi connectivity index (χ2n) is 8.67. The van der Waals surface area contributed by atoms with Crippen LogP contribution in [0.15, 0.2) is 60.8 Å². The summed E-state index contributed by atoms with van der Waals surface area (Å²) in [4.78, 5) is 41.6. The van der Waals surface area contributed by atoms with Crippen LogP contribution in [-0.2, 0) is 32.0 Å².